The van der Waals surface area contributed by atoms with Crippen molar-refractivity contribution in [1.29, 1.82) is 0 Å². The lowest BCUT2D eigenvalue weighted by Gasteiger charge is -1.99. The molecule has 1 N–H and O–H groups in total. The normalized spacial score (nSPS) is 9.08. The van der Waals surface area contributed by atoms with E-state index >= 15 is 0 Å². The van der Waals surface area contributed by atoms with E-state index in [1.54, 1.807) is 6.07 Å². The highest BCUT2D eigenvalue weighted by Gasteiger charge is 1.91. The van der Waals surface area contributed by atoms with Crippen molar-refractivity contribution in [3.05, 3.63) is 40.3 Å². The van der Waals surface area contributed by atoms with Crippen molar-refractivity contribution in [2.45, 2.75) is 6.54 Å². The largest absolute Gasteiger partial charge is 0.316 e. The van der Waals surface area contributed by atoms with Crippen molar-refractivity contribution in [3.8, 4) is 0 Å². The maximum atomic E-state index is 8.18. The van der Waals surface area contributed by atoms with E-state index in [0.29, 0.717) is 5.69 Å². The van der Waals surface area contributed by atoms with Gasteiger partial charge in [0.2, 0.25) is 0 Å². The van der Waals surface area contributed by atoms with Crippen molar-refractivity contribution in [2.24, 2.45) is 5.11 Å². The highest BCUT2D eigenvalue weighted by Crippen LogP contribution is 2.13. The van der Waals surface area contributed by atoms with Crippen LogP contribution >= 0.6 is 0 Å². The summed E-state index contributed by atoms with van der Waals surface area (Å²) < 4.78 is 0. The first-order valence-corrected chi connectivity index (χ1v) is 3.65. The Morgan fingerprint density at radius 1 is 1.58 bits per heavy atom. The molecule has 4 heteroatoms. The molecule has 62 valence electrons. The number of hydrogen-bond donors (Lipinski definition) is 1. The molecule has 1 rings (SSSR count). The third kappa shape index (κ3) is 2.27. The minimum Gasteiger partial charge on any atom is -0.316 e. The predicted octanol–water partition coefficient (Wildman–Crippen LogP) is 2.35. The van der Waals surface area contributed by atoms with Crippen LogP contribution in [0.3, 0.4) is 0 Å². The van der Waals surface area contributed by atoms with Gasteiger partial charge in [0.05, 0.1) is 0 Å². The monoisotopic (exact) mass is 162 g/mol. The second kappa shape index (κ2) is 4.38. The topological polar surface area (TPSA) is 60.8 Å². The van der Waals surface area contributed by atoms with Crippen molar-refractivity contribution in [2.75, 3.05) is 7.05 Å². The molecule has 0 atom stereocenters. The summed E-state index contributed by atoms with van der Waals surface area (Å²) in [5, 5.41) is 6.52. The zero-order valence-corrected chi connectivity index (χ0v) is 6.86. The summed E-state index contributed by atoms with van der Waals surface area (Å²) in [6.07, 6.45) is 0. The van der Waals surface area contributed by atoms with Gasteiger partial charge in [-0.25, -0.2) is 0 Å². The van der Waals surface area contributed by atoms with Gasteiger partial charge in [0.25, 0.3) is 0 Å². The van der Waals surface area contributed by atoms with Crippen molar-refractivity contribution in [1.82, 2.24) is 5.32 Å². The summed E-state index contributed by atoms with van der Waals surface area (Å²) in [6.45, 7) is 0.786. The first kappa shape index (κ1) is 8.59. The molecule has 4 nitrogen and oxygen atoms in total. The molecule has 0 heterocycles. The number of benzene rings is 1. The van der Waals surface area contributed by atoms with Gasteiger partial charge in [0, 0.05) is 17.1 Å². The summed E-state index contributed by atoms with van der Waals surface area (Å²) in [6, 6.07) is 7.48. The van der Waals surface area contributed by atoms with E-state index in [0.717, 1.165) is 12.1 Å². The van der Waals surface area contributed by atoms with Gasteiger partial charge in [-0.05, 0) is 24.2 Å². The SMILES string of the molecule is CNCc1cccc(N=[N+]=[N-])c1. The number of hydrogen-bond acceptors (Lipinski definition) is 2. The van der Waals surface area contributed by atoms with Crippen LogP contribution < -0.4 is 5.32 Å². The third-order valence-electron chi connectivity index (χ3n) is 1.45. The molecule has 0 aromatic heterocycles. The van der Waals surface area contributed by atoms with Gasteiger partial charge >= 0.3 is 0 Å². The Labute approximate surface area is 70.8 Å². The molecule has 0 bridgehead atoms. The van der Waals surface area contributed by atoms with Crippen molar-refractivity contribution >= 4 is 5.69 Å². The molecule has 12 heavy (non-hydrogen) atoms. The Morgan fingerprint density at radius 3 is 3.08 bits per heavy atom. The Bertz CT molecular complexity index is 302. The molecule has 0 unspecified atom stereocenters. The Balaban J connectivity index is 2.87. The van der Waals surface area contributed by atoms with E-state index in [1.807, 2.05) is 25.2 Å². The van der Waals surface area contributed by atoms with Crippen LogP contribution in [0.1, 0.15) is 5.56 Å². The standard InChI is InChI=1S/C8H10N4/c1-10-6-7-3-2-4-8(5-7)11-12-9/h2-5,10H,6H2,1H3. The number of nitrogens with zero attached hydrogens (tertiary/aromatic N) is 3. The maximum Gasteiger partial charge on any atom is 0.0378 e. The summed E-state index contributed by atoms with van der Waals surface area (Å²) in [5.41, 5.74) is 9.95. The summed E-state index contributed by atoms with van der Waals surface area (Å²) in [5.74, 6) is 0. The zero-order chi connectivity index (χ0) is 8.81. The molecule has 1 aromatic carbocycles. The third-order valence-corrected chi connectivity index (χ3v) is 1.45. The molecule has 0 amide bonds. The lowest BCUT2D eigenvalue weighted by atomic mass is 10.2. The fourth-order valence-corrected chi connectivity index (χ4v) is 0.984. The van der Waals surface area contributed by atoms with Crippen molar-refractivity contribution < 1.29 is 0 Å². The second-order valence-corrected chi connectivity index (χ2v) is 2.39. The molecule has 0 spiro atoms. The Kier molecular flexibility index (Phi) is 3.14. The second-order valence-electron chi connectivity index (χ2n) is 2.39. The fourth-order valence-electron chi connectivity index (χ4n) is 0.984. The molecule has 0 saturated carbocycles. The molecule has 0 aliphatic carbocycles. The zero-order valence-electron chi connectivity index (χ0n) is 6.86. The summed E-state index contributed by atoms with van der Waals surface area (Å²) in [4.78, 5) is 2.71. The highest BCUT2D eigenvalue weighted by molar-refractivity contribution is 5.39. The molecule has 0 aliphatic rings. The summed E-state index contributed by atoms with van der Waals surface area (Å²) >= 11 is 0. The molecule has 1 aromatic rings. The van der Waals surface area contributed by atoms with Gasteiger partial charge in [-0.2, -0.15) is 0 Å². The Hall–Kier alpha value is -1.51. The van der Waals surface area contributed by atoms with Crippen LogP contribution in [0.4, 0.5) is 5.69 Å². The predicted molar refractivity (Wildman–Crippen MR) is 48.0 cm³/mol. The van der Waals surface area contributed by atoms with E-state index < -0.39 is 0 Å². The Morgan fingerprint density at radius 2 is 2.42 bits per heavy atom. The first-order chi connectivity index (χ1) is 5.86. The van der Waals surface area contributed by atoms with E-state index in [2.05, 4.69) is 15.3 Å². The van der Waals surface area contributed by atoms with Crippen LogP contribution in [0.5, 0.6) is 0 Å². The first-order valence-electron chi connectivity index (χ1n) is 3.65. The van der Waals surface area contributed by atoms with Crippen LogP contribution in [-0.2, 0) is 6.54 Å². The molecule has 0 fully saturated rings. The quantitative estimate of drug-likeness (QED) is 0.414. The van der Waals surface area contributed by atoms with E-state index in [9.17, 15) is 0 Å². The van der Waals surface area contributed by atoms with Crippen molar-refractivity contribution in [3.63, 3.8) is 0 Å². The molecular weight excluding hydrogens is 152 g/mol. The number of azide groups is 1. The maximum absolute atomic E-state index is 8.18. The van der Waals surface area contributed by atoms with E-state index in [4.69, 9.17) is 5.53 Å². The van der Waals surface area contributed by atoms with Crippen LogP contribution in [0.25, 0.3) is 10.4 Å². The molecule has 0 radical (unpaired) electrons. The lowest BCUT2D eigenvalue weighted by Crippen LogP contribution is -2.04. The minimum absolute atomic E-state index is 0.658. The van der Waals surface area contributed by atoms with Gasteiger partial charge in [0.15, 0.2) is 0 Å². The van der Waals surface area contributed by atoms with Gasteiger partial charge in [-0.3, -0.25) is 0 Å². The molecular formula is C8H10N4. The van der Waals surface area contributed by atoms with E-state index in [-0.39, 0.29) is 0 Å². The number of nitrogens with one attached hydrogen (secondary N) is 1. The van der Waals surface area contributed by atoms with Gasteiger partial charge in [-0.1, -0.05) is 23.3 Å². The van der Waals surface area contributed by atoms with Crippen LogP contribution in [0.2, 0.25) is 0 Å². The highest BCUT2D eigenvalue weighted by atomic mass is 15.1. The van der Waals surface area contributed by atoms with Crippen LogP contribution in [0.15, 0.2) is 29.4 Å². The molecule has 0 saturated heterocycles. The van der Waals surface area contributed by atoms with Gasteiger partial charge in [-0.15, -0.1) is 0 Å². The van der Waals surface area contributed by atoms with E-state index in [1.165, 1.54) is 0 Å². The minimum atomic E-state index is 0.658. The van der Waals surface area contributed by atoms with Gasteiger partial charge in [0.1, 0.15) is 0 Å². The lowest BCUT2D eigenvalue weighted by molar-refractivity contribution is 0.818. The smallest absolute Gasteiger partial charge is 0.0378 e. The van der Waals surface area contributed by atoms with Gasteiger partial charge < -0.3 is 5.32 Å². The average molecular weight is 162 g/mol. The average Bonchev–Trinajstić information content (AvgIpc) is 2.06. The van der Waals surface area contributed by atoms with Crippen LogP contribution in [0, 0.1) is 0 Å². The molecule has 0 aliphatic heterocycles. The number of rotatable bonds is 3. The fraction of sp³-hybridized carbons (Fsp3) is 0.250. The summed E-state index contributed by atoms with van der Waals surface area (Å²) in [7, 11) is 1.88. The van der Waals surface area contributed by atoms with Crippen LogP contribution in [-0.4, -0.2) is 7.05 Å².